The summed E-state index contributed by atoms with van der Waals surface area (Å²) in [4.78, 5) is 15.7. The third-order valence-corrected chi connectivity index (χ3v) is 3.60. The SMILES string of the molecule is COC(=O)c1ccc(Nc2nncc(Nc3ccc(F)c(Cl)c3)n2)cc1. The standard InChI is InChI=1S/C17H13ClFN5O2/c1-26-16(25)10-2-4-11(5-3-10)22-17-23-15(9-20-24-17)21-12-6-7-14(19)13(18)8-12/h2-9H,1H3,(H2,21,22,23,24). The van der Waals surface area contributed by atoms with Crippen molar-refractivity contribution in [3.63, 3.8) is 0 Å². The number of methoxy groups -OCH3 is 1. The average Bonchev–Trinajstić information content (AvgIpc) is 2.65. The van der Waals surface area contributed by atoms with Crippen LogP contribution >= 0.6 is 11.6 Å². The number of hydrogen-bond donors (Lipinski definition) is 2. The molecule has 26 heavy (non-hydrogen) atoms. The number of nitrogens with zero attached hydrogens (tertiary/aromatic N) is 3. The summed E-state index contributed by atoms with van der Waals surface area (Å²) < 4.78 is 17.9. The molecular weight excluding hydrogens is 361 g/mol. The second-order valence-electron chi connectivity index (χ2n) is 5.11. The fourth-order valence-corrected chi connectivity index (χ4v) is 2.26. The van der Waals surface area contributed by atoms with Gasteiger partial charge in [-0.15, -0.1) is 5.10 Å². The lowest BCUT2D eigenvalue weighted by molar-refractivity contribution is 0.0601. The van der Waals surface area contributed by atoms with Gasteiger partial charge in [0.1, 0.15) is 5.82 Å². The van der Waals surface area contributed by atoms with Crippen molar-refractivity contribution in [1.82, 2.24) is 15.2 Å². The Bertz CT molecular complexity index is 937. The highest BCUT2D eigenvalue weighted by atomic mass is 35.5. The molecule has 1 heterocycles. The zero-order valence-electron chi connectivity index (χ0n) is 13.5. The van der Waals surface area contributed by atoms with Crippen molar-refractivity contribution in [3.05, 3.63) is 65.1 Å². The van der Waals surface area contributed by atoms with Gasteiger partial charge in [0.05, 0.1) is 23.9 Å². The molecule has 1 aromatic heterocycles. The van der Waals surface area contributed by atoms with Gasteiger partial charge in [-0.25, -0.2) is 9.18 Å². The monoisotopic (exact) mass is 373 g/mol. The molecule has 7 nitrogen and oxygen atoms in total. The summed E-state index contributed by atoms with van der Waals surface area (Å²) in [5, 5.41) is 13.7. The molecule has 0 saturated carbocycles. The quantitative estimate of drug-likeness (QED) is 0.655. The molecule has 0 saturated heterocycles. The minimum atomic E-state index is -0.504. The molecule has 0 aliphatic heterocycles. The molecule has 3 aromatic rings. The zero-order chi connectivity index (χ0) is 18.5. The Labute approximate surface area is 153 Å². The number of nitrogens with one attached hydrogen (secondary N) is 2. The molecule has 0 fully saturated rings. The second kappa shape index (κ2) is 7.75. The van der Waals surface area contributed by atoms with Gasteiger partial charge < -0.3 is 15.4 Å². The van der Waals surface area contributed by atoms with Crippen molar-refractivity contribution < 1.29 is 13.9 Å². The van der Waals surface area contributed by atoms with Crippen LogP contribution < -0.4 is 10.6 Å². The predicted molar refractivity (Wildman–Crippen MR) is 95.6 cm³/mol. The Kier molecular flexibility index (Phi) is 5.23. The van der Waals surface area contributed by atoms with Gasteiger partial charge in [0.15, 0.2) is 5.82 Å². The van der Waals surface area contributed by atoms with Gasteiger partial charge in [-0.2, -0.15) is 10.1 Å². The number of anilines is 4. The van der Waals surface area contributed by atoms with E-state index in [1.165, 1.54) is 31.5 Å². The van der Waals surface area contributed by atoms with Crippen LogP contribution in [0.15, 0.2) is 48.7 Å². The Morgan fingerprint density at radius 1 is 1.12 bits per heavy atom. The molecule has 132 valence electrons. The molecule has 0 aliphatic carbocycles. The molecule has 0 amide bonds. The van der Waals surface area contributed by atoms with Crippen LogP contribution in [0.2, 0.25) is 5.02 Å². The van der Waals surface area contributed by atoms with E-state index in [0.29, 0.717) is 22.8 Å². The van der Waals surface area contributed by atoms with E-state index in [-0.39, 0.29) is 11.0 Å². The summed E-state index contributed by atoms with van der Waals surface area (Å²) in [5.74, 6) is -0.278. The van der Waals surface area contributed by atoms with Crippen LogP contribution in [0.25, 0.3) is 0 Å². The van der Waals surface area contributed by atoms with E-state index in [0.717, 1.165) is 0 Å². The number of aromatic nitrogens is 3. The van der Waals surface area contributed by atoms with Crippen LogP contribution in [0.4, 0.5) is 27.5 Å². The van der Waals surface area contributed by atoms with E-state index in [1.807, 2.05) is 0 Å². The fraction of sp³-hybridized carbons (Fsp3) is 0.0588. The molecule has 3 rings (SSSR count). The van der Waals surface area contributed by atoms with Crippen molar-refractivity contribution in [2.45, 2.75) is 0 Å². The van der Waals surface area contributed by atoms with Crippen LogP contribution in [0, 0.1) is 5.82 Å². The van der Waals surface area contributed by atoms with Gasteiger partial charge in [-0.3, -0.25) is 0 Å². The molecule has 9 heteroatoms. The predicted octanol–water partition coefficient (Wildman–Crippen LogP) is 3.94. The van der Waals surface area contributed by atoms with E-state index in [1.54, 1.807) is 24.3 Å². The Balaban J connectivity index is 1.72. The van der Waals surface area contributed by atoms with Crippen LogP contribution in [0.1, 0.15) is 10.4 Å². The normalized spacial score (nSPS) is 10.3. The summed E-state index contributed by atoms with van der Waals surface area (Å²) in [6.07, 6.45) is 1.42. The molecule has 2 aromatic carbocycles. The van der Waals surface area contributed by atoms with E-state index >= 15 is 0 Å². The molecule has 0 atom stereocenters. The summed E-state index contributed by atoms with van der Waals surface area (Å²) in [5.41, 5.74) is 1.66. The molecule has 0 aliphatic rings. The number of esters is 1. The first kappa shape index (κ1) is 17.6. The Morgan fingerprint density at radius 3 is 2.54 bits per heavy atom. The summed E-state index contributed by atoms with van der Waals surface area (Å²) >= 11 is 5.76. The summed E-state index contributed by atoms with van der Waals surface area (Å²) in [7, 11) is 1.32. The number of halogens is 2. The highest BCUT2D eigenvalue weighted by Gasteiger charge is 2.07. The van der Waals surface area contributed by atoms with Crippen LogP contribution in [0.5, 0.6) is 0 Å². The zero-order valence-corrected chi connectivity index (χ0v) is 14.3. The van der Waals surface area contributed by atoms with E-state index < -0.39 is 11.8 Å². The highest BCUT2D eigenvalue weighted by Crippen LogP contribution is 2.22. The Morgan fingerprint density at radius 2 is 1.85 bits per heavy atom. The largest absolute Gasteiger partial charge is 0.465 e. The lowest BCUT2D eigenvalue weighted by atomic mass is 10.2. The second-order valence-corrected chi connectivity index (χ2v) is 5.52. The van der Waals surface area contributed by atoms with Gasteiger partial charge in [-0.05, 0) is 42.5 Å². The number of carbonyl (C=O) groups excluding carboxylic acids is 1. The van der Waals surface area contributed by atoms with Crippen LogP contribution in [-0.4, -0.2) is 28.3 Å². The van der Waals surface area contributed by atoms with E-state index in [2.05, 4.69) is 30.6 Å². The van der Waals surface area contributed by atoms with Crippen molar-refractivity contribution in [1.29, 1.82) is 0 Å². The minimum absolute atomic E-state index is 0.000981. The first-order chi connectivity index (χ1) is 12.5. The highest BCUT2D eigenvalue weighted by molar-refractivity contribution is 6.31. The average molecular weight is 374 g/mol. The number of benzene rings is 2. The van der Waals surface area contributed by atoms with Crippen molar-refractivity contribution >= 4 is 40.7 Å². The molecule has 0 radical (unpaired) electrons. The van der Waals surface area contributed by atoms with Gasteiger partial charge >= 0.3 is 5.97 Å². The lowest BCUT2D eigenvalue weighted by Gasteiger charge is -2.08. The van der Waals surface area contributed by atoms with Crippen LogP contribution in [-0.2, 0) is 4.74 Å². The molecular formula is C17H13ClFN5O2. The van der Waals surface area contributed by atoms with Gasteiger partial charge in [0, 0.05) is 11.4 Å². The van der Waals surface area contributed by atoms with Gasteiger partial charge in [0.25, 0.3) is 0 Å². The third-order valence-electron chi connectivity index (χ3n) is 3.31. The summed E-state index contributed by atoms with van der Waals surface area (Å²) in [6, 6.07) is 10.8. The maximum atomic E-state index is 13.2. The van der Waals surface area contributed by atoms with Crippen LogP contribution in [0.3, 0.4) is 0 Å². The number of ether oxygens (including phenoxy) is 1. The van der Waals surface area contributed by atoms with E-state index in [4.69, 9.17) is 11.6 Å². The van der Waals surface area contributed by atoms with Gasteiger partial charge in [0.2, 0.25) is 5.95 Å². The third kappa shape index (κ3) is 4.22. The first-order valence-electron chi connectivity index (χ1n) is 7.42. The number of rotatable bonds is 5. The molecule has 2 N–H and O–H groups in total. The summed E-state index contributed by atoms with van der Waals surface area (Å²) in [6.45, 7) is 0. The van der Waals surface area contributed by atoms with E-state index in [9.17, 15) is 9.18 Å². The van der Waals surface area contributed by atoms with Gasteiger partial charge in [-0.1, -0.05) is 11.6 Å². The maximum Gasteiger partial charge on any atom is 0.337 e. The molecule has 0 unspecified atom stereocenters. The minimum Gasteiger partial charge on any atom is -0.465 e. The molecule has 0 spiro atoms. The molecule has 0 bridgehead atoms. The lowest BCUT2D eigenvalue weighted by Crippen LogP contribution is -2.03. The fourth-order valence-electron chi connectivity index (χ4n) is 2.08. The Hall–Kier alpha value is -3.26. The first-order valence-corrected chi connectivity index (χ1v) is 7.80. The smallest absolute Gasteiger partial charge is 0.337 e. The topological polar surface area (TPSA) is 89.0 Å². The maximum absolute atomic E-state index is 13.2. The van der Waals surface area contributed by atoms with Crippen molar-refractivity contribution in [3.8, 4) is 0 Å². The number of hydrogen-bond acceptors (Lipinski definition) is 7. The van der Waals surface area contributed by atoms with Crippen molar-refractivity contribution in [2.75, 3.05) is 17.7 Å². The number of carbonyl (C=O) groups is 1. The van der Waals surface area contributed by atoms with Crippen molar-refractivity contribution in [2.24, 2.45) is 0 Å².